The zero-order chi connectivity index (χ0) is 13.7. The third-order valence-corrected chi connectivity index (χ3v) is 3.56. The van der Waals surface area contributed by atoms with E-state index < -0.39 is 0 Å². The molecule has 2 N–H and O–H groups in total. The van der Waals surface area contributed by atoms with Crippen molar-refractivity contribution in [3.8, 4) is 0 Å². The summed E-state index contributed by atoms with van der Waals surface area (Å²) in [5, 5.41) is 6.35. The molecule has 1 aromatic carbocycles. The summed E-state index contributed by atoms with van der Waals surface area (Å²) in [5.41, 5.74) is 0.868. The van der Waals surface area contributed by atoms with Crippen LogP contribution in [0.3, 0.4) is 0 Å². The maximum Gasteiger partial charge on any atom is 0.223 e. The summed E-state index contributed by atoms with van der Waals surface area (Å²) in [4.78, 5) is 12.1. The van der Waals surface area contributed by atoms with Gasteiger partial charge >= 0.3 is 0 Å². The van der Waals surface area contributed by atoms with Crippen LogP contribution in [0.5, 0.6) is 0 Å². The number of hydrogen-bond acceptors (Lipinski definition) is 2. The zero-order valence-corrected chi connectivity index (χ0v) is 11.3. The van der Waals surface area contributed by atoms with E-state index in [4.69, 9.17) is 0 Å². The number of benzene rings is 1. The molecule has 1 aliphatic heterocycles. The first-order valence-corrected chi connectivity index (χ1v) is 6.90. The number of halogens is 1. The van der Waals surface area contributed by atoms with Crippen molar-refractivity contribution in [1.29, 1.82) is 0 Å². The van der Waals surface area contributed by atoms with Crippen LogP contribution in [-0.2, 0) is 11.2 Å². The maximum atomic E-state index is 13.1. The van der Waals surface area contributed by atoms with Crippen molar-refractivity contribution in [2.75, 3.05) is 13.1 Å². The Bertz CT molecular complexity index is 430. The molecule has 1 atom stereocenters. The van der Waals surface area contributed by atoms with Crippen molar-refractivity contribution < 1.29 is 9.18 Å². The molecule has 1 heterocycles. The van der Waals surface area contributed by atoms with Crippen LogP contribution in [0.15, 0.2) is 24.3 Å². The number of piperidine rings is 1. The average molecular weight is 264 g/mol. The number of carbonyl (C=O) groups is 1. The molecule has 1 aliphatic rings. The molecule has 3 nitrogen and oxygen atoms in total. The van der Waals surface area contributed by atoms with Crippen molar-refractivity contribution in [3.05, 3.63) is 35.6 Å². The normalized spacial score (nSPS) is 18.0. The highest BCUT2D eigenvalue weighted by molar-refractivity contribution is 5.78. The molecule has 1 aromatic rings. The third kappa shape index (κ3) is 4.31. The number of hydrogen-bond donors (Lipinski definition) is 2. The van der Waals surface area contributed by atoms with Crippen molar-refractivity contribution in [2.45, 2.75) is 32.2 Å². The van der Waals surface area contributed by atoms with Gasteiger partial charge in [-0.15, -0.1) is 0 Å². The van der Waals surface area contributed by atoms with Crippen LogP contribution in [-0.4, -0.2) is 25.0 Å². The Labute approximate surface area is 113 Å². The van der Waals surface area contributed by atoms with Crippen LogP contribution in [0.1, 0.15) is 25.3 Å². The van der Waals surface area contributed by atoms with Gasteiger partial charge in [-0.2, -0.15) is 0 Å². The molecule has 0 aromatic heterocycles. The Morgan fingerprint density at radius 3 is 2.89 bits per heavy atom. The van der Waals surface area contributed by atoms with Gasteiger partial charge in [0.25, 0.3) is 0 Å². The molecule has 0 spiro atoms. The van der Waals surface area contributed by atoms with Gasteiger partial charge in [0.2, 0.25) is 5.91 Å². The lowest BCUT2D eigenvalue weighted by Crippen LogP contribution is -2.44. The molecule has 0 bridgehead atoms. The Morgan fingerprint density at radius 1 is 1.47 bits per heavy atom. The van der Waals surface area contributed by atoms with Gasteiger partial charge in [-0.25, -0.2) is 4.39 Å². The van der Waals surface area contributed by atoms with E-state index in [0.29, 0.717) is 6.42 Å². The molecule has 1 fully saturated rings. The van der Waals surface area contributed by atoms with Crippen LogP contribution in [0.4, 0.5) is 4.39 Å². The summed E-state index contributed by atoms with van der Waals surface area (Å²) in [7, 11) is 0. The predicted molar refractivity (Wildman–Crippen MR) is 73.3 cm³/mol. The van der Waals surface area contributed by atoms with Gasteiger partial charge in [-0.05, 0) is 50.0 Å². The van der Waals surface area contributed by atoms with E-state index in [1.165, 1.54) is 12.1 Å². The first-order chi connectivity index (χ1) is 9.15. The fourth-order valence-corrected chi connectivity index (χ4v) is 2.42. The fraction of sp³-hybridized carbons (Fsp3) is 0.533. The highest BCUT2D eigenvalue weighted by Crippen LogP contribution is 2.11. The smallest absolute Gasteiger partial charge is 0.223 e. The lowest BCUT2D eigenvalue weighted by atomic mass is 9.99. The highest BCUT2D eigenvalue weighted by atomic mass is 19.1. The second kappa shape index (κ2) is 6.66. The van der Waals surface area contributed by atoms with E-state index >= 15 is 0 Å². The molecule has 104 valence electrons. The van der Waals surface area contributed by atoms with Crippen LogP contribution in [0, 0.1) is 11.7 Å². The van der Waals surface area contributed by atoms with Crippen molar-refractivity contribution >= 4 is 5.91 Å². The Balaban J connectivity index is 1.84. The molecule has 19 heavy (non-hydrogen) atoms. The van der Waals surface area contributed by atoms with Crippen molar-refractivity contribution in [1.82, 2.24) is 10.6 Å². The summed E-state index contributed by atoms with van der Waals surface area (Å²) in [5.74, 6) is -0.309. The van der Waals surface area contributed by atoms with E-state index in [1.807, 2.05) is 13.0 Å². The van der Waals surface area contributed by atoms with E-state index in [0.717, 1.165) is 31.5 Å². The zero-order valence-electron chi connectivity index (χ0n) is 11.3. The van der Waals surface area contributed by atoms with Crippen LogP contribution in [0.25, 0.3) is 0 Å². The van der Waals surface area contributed by atoms with Crippen molar-refractivity contribution in [3.63, 3.8) is 0 Å². The molecule has 2 rings (SSSR count). The Hall–Kier alpha value is -1.42. The molecule has 1 unspecified atom stereocenters. The molecule has 1 amide bonds. The summed E-state index contributed by atoms with van der Waals surface area (Å²) in [6.45, 7) is 3.81. The van der Waals surface area contributed by atoms with Crippen LogP contribution < -0.4 is 10.6 Å². The molecule has 1 saturated heterocycles. The summed E-state index contributed by atoms with van der Waals surface area (Å²) in [6, 6.07) is 6.74. The SMILES string of the molecule is CC(Cc1cccc(F)c1)C(=O)NC1CCNCC1. The quantitative estimate of drug-likeness (QED) is 0.871. The fourth-order valence-electron chi connectivity index (χ4n) is 2.42. The number of nitrogens with one attached hydrogen (secondary N) is 2. The van der Waals surface area contributed by atoms with E-state index in [1.54, 1.807) is 6.07 Å². The monoisotopic (exact) mass is 264 g/mol. The number of carbonyl (C=O) groups excluding carboxylic acids is 1. The highest BCUT2D eigenvalue weighted by Gasteiger charge is 2.19. The third-order valence-electron chi connectivity index (χ3n) is 3.56. The van der Waals surface area contributed by atoms with Gasteiger partial charge in [-0.1, -0.05) is 19.1 Å². The average Bonchev–Trinajstić information content (AvgIpc) is 2.40. The summed E-state index contributed by atoms with van der Waals surface area (Å²) >= 11 is 0. The second-order valence-corrected chi connectivity index (χ2v) is 5.27. The largest absolute Gasteiger partial charge is 0.353 e. The molecular weight excluding hydrogens is 243 g/mol. The van der Waals surface area contributed by atoms with Gasteiger partial charge in [0.05, 0.1) is 0 Å². The molecule has 4 heteroatoms. The number of rotatable bonds is 4. The first kappa shape index (κ1) is 14.0. The van der Waals surface area contributed by atoms with Crippen LogP contribution >= 0.6 is 0 Å². The molecular formula is C15H21FN2O. The minimum Gasteiger partial charge on any atom is -0.353 e. The Kier molecular flexibility index (Phi) is 4.91. The number of amides is 1. The van der Waals surface area contributed by atoms with Gasteiger partial charge in [-0.3, -0.25) is 4.79 Å². The van der Waals surface area contributed by atoms with Crippen molar-refractivity contribution in [2.24, 2.45) is 5.92 Å². The lowest BCUT2D eigenvalue weighted by molar-refractivity contribution is -0.125. The van der Waals surface area contributed by atoms with E-state index in [-0.39, 0.29) is 23.7 Å². The molecule has 0 saturated carbocycles. The Morgan fingerprint density at radius 2 is 2.21 bits per heavy atom. The second-order valence-electron chi connectivity index (χ2n) is 5.27. The van der Waals surface area contributed by atoms with E-state index in [2.05, 4.69) is 10.6 Å². The summed E-state index contributed by atoms with van der Waals surface area (Å²) < 4.78 is 13.1. The van der Waals surface area contributed by atoms with Crippen LogP contribution in [0.2, 0.25) is 0 Å². The topological polar surface area (TPSA) is 41.1 Å². The minimum absolute atomic E-state index is 0.0659. The van der Waals surface area contributed by atoms with Gasteiger partial charge in [0, 0.05) is 12.0 Å². The van der Waals surface area contributed by atoms with Gasteiger partial charge in [0.15, 0.2) is 0 Å². The molecule has 0 radical (unpaired) electrons. The maximum absolute atomic E-state index is 13.1. The van der Waals surface area contributed by atoms with E-state index in [9.17, 15) is 9.18 Å². The predicted octanol–water partition coefficient (Wildman–Crippen LogP) is 1.87. The van der Waals surface area contributed by atoms with Gasteiger partial charge in [0.1, 0.15) is 5.82 Å². The lowest BCUT2D eigenvalue weighted by Gasteiger charge is -2.25. The molecule has 0 aliphatic carbocycles. The summed E-state index contributed by atoms with van der Waals surface area (Å²) in [6.07, 6.45) is 2.55. The van der Waals surface area contributed by atoms with Gasteiger partial charge < -0.3 is 10.6 Å². The minimum atomic E-state index is -0.247. The standard InChI is InChI=1S/C15H21FN2O/c1-11(9-12-3-2-4-13(16)10-12)15(19)18-14-5-7-17-8-6-14/h2-4,10-11,14,17H,5-9H2,1H3,(H,18,19). The first-order valence-electron chi connectivity index (χ1n) is 6.90.